The van der Waals surface area contributed by atoms with Crippen molar-refractivity contribution >= 4 is 43.3 Å². The van der Waals surface area contributed by atoms with E-state index in [0.29, 0.717) is 9.81 Å². The maximum Gasteiger partial charge on any atom is 0.336 e. The first kappa shape index (κ1) is 16.6. The van der Waals surface area contributed by atoms with E-state index >= 15 is 0 Å². The van der Waals surface area contributed by atoms with Crippen molar-refractivity contribution < 1.29 is 19.5 Å². The zero-order valence-corrected chi connectivity index (χ0v) is 13.0. The maximum atomic E-state index is 11.9. The Morgan fingerprint density at radius 2 is 1.85 bits per heavy atom. The number of imide groups is 2. The molecule has 20 heavy (non-hydrogen) atoms. The van der Waals surface area contributed by atoms with Crippen molar-refractivity contribution in [2.24, 2.45) is 0 Å². The number of rotatable bonds is 5. The van der Waals surface area contributed by atoms with Gasteiger partial charge in [-0.15, -0.1) is 12.6 Å². The monoisotopic (exact) mass is 316 g/mol. The van der Waals surface area contributed by atoms with Crippen LogP contribution in [-0.2, 0) is 4.79 Å². The largest absolute Gasteiger partial charge is 0.479 e. The quantitative estimate of drug-likeness (QED) is 0.462. The highest BCUT2D eigenvalue weighted by Gasteiger charge is 2.60. The van der Waals surface area contributed by atoms with E-state index in [-0.39, 0.29) is 5.57 Å². The molecule has 1 fully saturated rings. The molecule has 0 spiro atoms. The lowest BCUT2D eigenvalue weighted by Crippen LogP contribution is -2.75. The Bertz CT molecular complexity index is 514. The minimum Gasteiger partial charge on any atom is -0.479 e. The number of amides is 4. The van der Waals surface area contributed by atoms with Crippen LogP contribution in [0.4, 0.5) is 9.59 Å². The Labute approximate surface area is 127 Å². The SMILES string of the molecule is C/C=C(S)/C(=C\C)C(C(=O)O)(C(C)S)N1C(=O)NC1=O. The molecule has 1 rings (SSSR count). The van der Waals surface area contributed by atoms with E-state index < -0.39 is 28.8 Å². The highest BCUT2D eigenvalue weighted by molar-refractivity contribution is 7.84. The number of hydrogen-bond acceptors (Lipinski definition) is 5. The van der Waals surface area contributed by atoms with E-state index in [4.69, 9.17) is 0 Å². The lowest BCUT2D eigenvalue weighted by molar-refractivity contribution is -0.146. The smallest absolute Gasteiger partial charge is 0.336 e. The predicted molar refractivity (Wildman–Crippen MR) is 81.1 cm³/mol. The van der Waals surface area contributed by atoms with Gasteiger partial charge in [0.1, 0.15) is 0 Å². The van der Waals surface area contributed by atoms with Gasteiger partial charge in [0.05, 0.1) is 0 Å². The van der Waals surface area contributed by atoms with E-state index in [2.05, 4.69) is 25.3 Å². The molecule has 0 aromatic heterocycles. The number of carbonyl (C=O) groups is 3. The molecular weight excluding hydrogens is 300 g/mol. The number of carboxylic acid groups (broad SMARTS) is 1. The second-order valence-electron chi connectivity index (χ2n) is 4.19. The number of hydrogen-bond donors (Lipinski definition) is 4. The second kappa shape index (κ2) is 5.92. The predicted octanol–water partition coefficient (Wildman–Crippen LogP) is 2.05. The van der Waals surface area contributed by atoms with Gasteiger partial charge in [-0.2, -0.15) is 12.6 Å². The third-order valence-corrected chi connectivity index (χ3v) is 4.02. The van der Waals surface area contributed by atoms with Crippen LogP contribution in [0.1, 0.15) is 20.8 Å². The summed E-state index contributed by atoms with van der Waals surface area (Å²) < 4.78 is 0. The van der Waals surface area contributed by atoms with Crippen LogP contribution >= 0.6 is 25.3 Å². The fourth-order valence-electron chi connectivity index (χ4n) is 2.20. The van der Waals surface area contributed by atoms with Gasteiger partial charge in [-0.3, -0.25) is 5.32 Å². The third-order valence-electron chi connectivity index (χ3n) is 3.15. The molecule has 2 unspecified atom stereocenters. The highest BCUT2D eigenvalue weighted by atomic mass is 32.1. The summed E-state index contributed by atoms with van der Waals surface area (Å²) in [5, 5.41) is 10.8. The summed E-state index contributed by atoms with van der Waals surface area (Å²) in [5.74, 6) is -1.34. The summed E-state index contributed by atoms with van der Waals surface area (Å²) >= 11 is 8.43. The van der Waals surface area contributed by atoms with E-state index in [1.54, 1.807) is 19.9 Å². The van der Waals surface area contributed by atoms with Gasteiger partial charge >= 0.3 is 18.0 Å². The molecular formula is C12H16N2O4S2. The third kappa shape index (κ3) is 2.22. The zero-order valence-electron chi connectivity index (χ0n) is 11.2. The lowest BCUT2D eigenvalue weighted by Gasteiger charge is -2.46. The van der Waals surface area contributed by atoms with E-state index in [1.165, 1.54) is 13.0 Å². The van der Waals surface area contributed by atoms with Crippen molar-refractivity contribution in [1.82, 2.24) is 10.2 Å². The minimum absolute atomic E-state index is 0.238. The van der Waals surface area contributed by atoms with Gasteiger partial charge in [0.2, 0.25) is 0 Å². The molecule has 0 aliphatic carbocycles. The Kier molecular flexibility index (Phi) is 4.93. The molecule has 4 amide bonds. The highest BCUT2D eigenvalue weighted by Crippen LogP contribution is 2.39. The molecule has 8 heteroatoms. The molecule has 2 N–H and O–H groups in total. The summed E-state index contributed by atoms with van der Waals surface area (Å²) in [6, 6.07) is -1.54. The molecule has 2 atom stereocenters. The first-order chi connectivity index (χ1) is 9.24. The van der Waals surface area contributed by atoms with E-state index in [0.717, 1.165) is 0 Å². The molecule has 0 radical (unpaired) electrons. The average Bonchev–Trinajstić information content (AvgIpc) is 2.36. The second-order valence-corrected chi connectivity index (χ2v) is 5.45. The molecule has 0 bridgehead atoms. The van der Waals surface area contributed by atoms with Crippen LogP contribution in [0, 0.1) is 0 Å². The molecule has 0 saturated carbocycles. The standard InChI is InChI=1S/C12H16N2O4S2/c1-4-7(8(20)5-2)12(6(3)19,9(15)16)14-10(17)13-11(14)18/h4-6,19-20H,1-3H3,(H,15,16)(H,13,17,18)/b7-4+,8-5-. The van der Waals surface area contributed by atoms with Gasteiger partial charge in [-0.05, 0) is 19.4 Å². The van der Waals surface area contributed by atoms with Gasteiger partial charge in [-0.25, -0.2) is 19.3 Å². The van der Waals surface area contributed by atoms with Gasteiger partial charge in [0, 0.05) is 10.2 Å². The minimum atomic E-state index is -1.90. The van der Waals surface area contributed by atoms with Crippen molar-refractivity contribution in [2.75, 3.05) is 0 Å². The molecule has 1 saturated heterocycles. The molecule has 1 aliphatic heterocycles. The van der Waals surface area contributed by atoms with Gasteiger partial charge < -0.3 is 5.11 Å². The fourth-order valence-corrected chi connectivity index (χ4v) is 2.87. The Morgan fingerprint density at radius 1 is 1.35 bits per heavy atom. The van der Waals surface area contributed by atoms with Crippen molar-refractivity contribution in [1.29, 1.82) is 0 Å². The molecule has 1 aliphatic rings. The van der Waals surface area contributed by atoms with Crippen molar-refractivity contribution in [3.05, 3.63) is 22.6 Å². The van der Waals surface area contributed by atoms with Gasteiger partial charge in [0.25, 0.3) is 0 Å². The number of nitrogens with zero attached hydrogens (tertiary/aromatic N) is 1. The normalized spacial score (nSPS) is 20.9. The van der Waals surface area contributed by atoms with Crippen molar-refractivity contribution in [2.45, 2.75) is 31.6 Å². The van der Waals surface area contributed by atoms with Crippen LogP contribution in [0.25, 0.3) is 0 Å². The number of aliphatic carboxylic acids is 1. The lowest BCUT2D eigenvalue weighted by atomic mass is 9.83. The van der Waals surface area contributed by atoms with E-state index in [9.17, 15) is 19.5 Å². The molecule has 6 nitrogen and oxygen atoms in total. The summed E-state index contributed by atoms with van der Waals surface area (Å²) in [4.78, 5) is 36.2. The van der Waals surface area contributed by atoms with Crippen molar-refractivity contribution in [3.8, 4) is 0 Å². The zero-order chi connectivity index (χ0) is 15.7. The Balaban J connectivity index is 3.60. The number of allylic oxidation sites excluding steroid dienone is 2. The van der Waals surface area contributed by atoms with Crippen LogP contribution in [0.2, 0.25) is 0 Å². The summed E-state index contributed by atoms with van der Waals surface area (Å²) in [7, 11) is 0. The van der Waals surface area contributed by atoms with Crippen molar-refractivity contribution in [3.63, 3.8) is 0 Å². The van der Waals surface area contributed by atoms with Gasteiger partial charge in [0.15, 0.2) is 5.54 Å². The number of nitrogens with one attached hydrogen (secondary N) is 1. The van der Waals surface area contributed by atoms with E-state index in [1.807, 2.05) is 5.32 Å². The Morgan fingerprint density at radius 3 is 2.10 bits per heavy atom. The fraction of sp³-hybridized carbons (Fsp3) is 0.417. The maximum absolute atomic E-state index is 11.9. The van der Waals surface area contributed by atoms with Crippen LogP contribution in [0.15, 0.2) is 22.6 Å². The summed E-state index contributed by atoms with van der Waals surface area (Å²) in [6.07, 6.45) is 3.11. The topological polar surface area (TPSA) is 86.7 Å². The average molecular weight is 316 g/mol. The van der Waals surface area contributed by atoms with Crippen LogP contribution in [0.3, 0.4) is 0 Å². The number of thiol groups is 2. The van der Waals surface area contributed by atoms with Crippen LogP contribution < -0.4 is 5.32 Å². The summed E-state index contributed by atoms with van der Waals surface area (Å²) in [6.45, 7) is 4.81. The van der Waals surface area contributed by atoms with Crippen LogP contribution in [0.5, 0.6) is 0 Å². The molecule has 1 heterocycles. The number of carboxylic acids is 1. The number of carbonyl (C=O) groups excluding carboxylic acids is 2. The first-order valence-corrected chi connectivity index (χ1v) is 6.80. The molecule has 0 aromatic rings. The number of urea groups is 2. The van der Waals surface area contributed by atoms with Crippen LogP contribution in [-0.4, -0.2) is 38.8 Å². The van der Waals surface area contributed by atoms with Gasteiger partial charge in [-0.1, -0.05) is 19.1 Å². The first-order valence-electron chi connectivity index (χ1n) is 5.84. The Hall–Kier alpha value is -1.41. The summed E-state index contributed by atoms with van der Waals surface area (Å²) in [5.41, 5.74) is -1.66. The molecule has 0 aromatic carbocycles. The molecule has 110 valence electrons.